The van der Waals surface area contributed by atoms with Crippen LogP contribution in [0.1, 0.15) is 25.7 Å². The molecule has 20 heavy (non-hydrogen) atoms. The molecule has 0 aromatic heterocycles. The normalized spacial score (nSPS) is 17.9. The highest BCUT2D eigenvalue weighted by molar-refractivity contribution is 8.00. The summed E-state index contributed by atoms with van der Waals surface area (Å²) in [5.41, 5.74) is 5.08. The van der Waals surface area contributed by atoms with Gasteiger partial charge in [0.1, 0.15) is 5.54 Å². The Hall–Kier alpha value is -1.69. The zero-order valence-electron chi connectivity index (χ0n) is 11.2. The molecule has 108 valence electrons. The van der Waals surface area contributed by atoms with E-state index in [1.165, 1.54) is 11.8 Å². The topological polar surface area (TPSA) is 87.7 Å². The highest BCUT2D eigenvalue weighted by Gasteiger charge is 2.39. The minimum atomic E-state index is -0.664. The Bertz CT molecular complexity index is 484. The van der Waals surface area contributed by atoms with Gasteiger partial charge in [-0.05, 0) is 25.0 Å². The van der Waals surface area contributed by atoms with Crippen molar-refractivity contribution in [2.75, 3.05) is 5.75 Å². The fourth-order valence-electron chi connectivity index (χ4n) is 2.49. The smallest absolute Gasteiger partial charge is 0.231 e. The predicted molar refractivity (Wildman–Crippen MR) is 79.9 cm³/mol. The molecule has 0 atom stereocenters. The Labute approximate surface area is 122 Å². The molecule has 0 bridgehead atoms. The molecule has 5 nitrogen and oxygen atoms in total. The van der Waals surface area contributed by atoms with E-state index in [1.807, 2.05) is 30.3 Å². The van der Waals surface area contributed by atoms with Crippen LogP contribution >= 0.6 is 11.8 Å². The Morgan fingerprint density at radius 3 is 2.60 bits per heavy atom. The van der Waals surface area contributed by atoms with Crippen molar-refractivity contribution >= 4 is 23.5 Å². The van der Waals surface area contributed by atoms with Crippen molar-refractivity contribution in [2.24, 2.45) is 10.9 Å². The van der Waals surface area contributed by atoms with Gasteiger partial charge in [-0.2, -0.15) is 0 Å². The first-order valence-electron chi connectivity index (χ1n) is 6.63. The van der Waals surface area contributed by atoms with Crippen molar-refractivity contribution in [1.29, 1.82) is 0 Å². The molecule has 0 heterocycles. The molecular formula is C14H19N3O2S. The van der Waals surface area contributed by atoms with Crippen LogP contribution < -0.4 is 11.1 Å². The minimum absolute atomic E-state index is 0.0904. The molecule has 1 amide bonds. The summed E-state index contributed by atoms with van der Waals surface area (Å²) in [4.78, 5) is 13.1. The van der Waals surface area contributed by atoms with Gasteiger partial charge < -0.3 is 16.3 Å². The maximum absolute atomic E-state index is 12.1. The molecule has 1 aliphatic carbocycles. The van der Waals surface area contributed by atoms with Crippen molar-refractivity contribution in [1.82, 2.24) is 5.32 Å². The highest BCUT2D eigenvalue weighted by Crippen LogP contribution is 2.30. The molecule has 0 unspecified atom stereocenters. The molecule has 0 aliphatic heterocycles. The standard InChI is InChI=1S/C14H19N3O2S/c15-13(17-19)14(8-4-5-9-14)16-12(18)10-20-11-6-2-1-3-7-11/h1-3,6-7,19H,4-5,8-10H2,(H2,15,17)(H,16,18). The van der Waals surface area contributed by atoms with Gasteiger partial charge in [0.2, 0.25) is 5.91 Å². The maximum atomic E-state index is 12.1. The molecule has 2 rings (SSSR count). The zero-order chi connectivity index (χ0) is 14.4. The van der Waals surface area contributed by atoms with Crippen molar-refractivity contribution in [3.05, 3.63) is 30.3 Å². The third-order valence-electron chi connectivity index (χ3n) is 3.55. The van der Waals surface area contributed by atoms with E-state index >= 15 is 0 Å². The molecule has 1 aromatic carbocycles. The fraction of sp³-hybridized carbons (Fsp3) is 0.429. The quantitative estimate of drug-likeness (QED) is 0.254. The van der Waals surface area contributed by atoms with Gasteiger partial charge in [-0.25, -0.2) is 0 Å². The number of amidine groups is 1. The third-order valence-corrected chi connectivity index (χ3v) is 4.56. The largest absolute Gasteiger partial charge is 0.409 e. The molecule has 0 saturated heterocycles. The summed E-state index contributed by atoms with van der Waals surface area (Å²) in [5.74, 6) is 0.338. The van der Waals surface area contributed by atoms with Crippen LogP contribution in [0.2, 0.25) is 0 Å². The summed E-state index contributed by atoms with van der Waals surface area (Å²) in [6.45, 7) is 0. The second-order valence-electron chi connectivity index (χ2n) is 4.92. The van der Waals surface area contributed by atoms with E-state index in [2.05, 4.69) is 10.5 Å². The number of nitrogens with zero attached hydrogens (tertiary/aromatic N) is 1. The number of thioether (sulfide) groups is 1. The minimum Gasteiger partial charge on any atom is -0.409 e. The predicted octanol–water partition coefficient (Wildman–Crippen LogP) is 1.95. The molecule has 0 radical (unpaired) electrons. The van der Waals surface area contributed by atoms with Crippen molar-refractivity contribution in [3.8, 4) is 0 Å². The summed E-state index contributed by atoms with van der Waals surface area (Å²) in [7, 11) is 0. The van der Waals surface area contributed by atoms with Crippen molar-refractivity contribution < 1.29 is 10.0 Å². The summed E-state index contributed by atoms with van der Waals surface area (Å²) in [6.07, 6.45) is 3.40. The number of hydrogen-bond donors (Lipinski definition) is 3. The lowest BCUT2D eigenvalue weighted by Crippen LogP contribution is -2.56. The van der Waals surface area contributed by atoms with Gasteiger partial charge in [-0.15, -0.1) is 11.8 Å². The lowest BCUT2D eigenvalue weighted by Gasteiger charge is -2.28. The van der Waals surface area contributed by atoms with Crippen LogP contribution in [-0.4, -0.2) is 28.2 Å². The first-order chi connectivity index (χ1) is 9.66. The molecule has 0 spiro atoms. The van der Waals surface area contributed by atoms with E-state index in [0.717, 1.165) is 30.6 Å². The highest BCUT2D eigenvalue weighted by atomic mass is 32.2. The van der Waals surface area contributed by atoms with Crippen LogP contribution in [0.5, 0.6) is 0 Å². The van der Waals surface area contributed by atoms with E-state index in [0.29, 0.717) is 5.75 Å². The molecule has 1 aliphatic rings. The number of hydrogen-bond acceptors (Lipinski definition) is 4. The van der Waals surface area contributed by atoms with E-state index in [1.54, 1.807) is 0 Å². The van der Waals surface area contributed by atoms with Gasteiger partial charge in [-0.3, -0.25) is 4.79 Å². The van der Waals surface area contributed by atoms with Gasteiger partial charge in [-0.1, -0.05) is 36.2 Å². The van der Waals surface area contributed by atoms with Crippen LogP contribution in [0, 0.1) is 0 Å². The van der Waals surface area contributed by atoms with E-state index < -0.39 is 5.54 Å². The van der Waals surface area contributed by atoms with Gasteiger partial charge in [0.05, 0.1) is 5.75 Å². The third kappa shape index (κ3) is 3.45. The van der Waals surface area contributed by atoms with Gasteiger partial charge in [0.15, 0.2) is 5.84 Å². The van der Waals surface area contributed by atoms with Crippen LogP contribution in [-0.2, 0) is 4.79 Å². The number of rotatable bonds is 5. The number of benzene rings is 1. The second-order valence-corrected chi connectivity index (χ2v) is 5.97. The van der Waals surface area contributed by atoms with E-state index in [4.69, 9.17) is 10.9 Å². The summed E-state index contributed by atoms with van der Waals surface area (Å²) >= 11 is 1.47. The van der Waals surface area contributed by atoms with Crippen molar-refractivity contribution in [3.63, 3.8) is 0 Å². The number of nitrogens with two attached hydrogens (primary N) is 1. The van der Waals surface area contributed by atoms with Crippen molar-refractivity contribution in [2.45, 2.75) is 36.1 Å². The maximum Gasteiger partial charge on any atom is 0.231 e. The number of carbonyl (C=O) groups is 1. The zero-order valence-corrected chi connectivity index (χ0v) is 12.0. The number of carbonyl (C=O) groups excluding carboxylic acids is 1. The monoisotopic (exact) mass is 293 g/mol. The first-order valence-corrected chi connectivity index (χ1v) is 7.62. The van der Waals surface area contributed by atoms with E-state index in [-0.39, 0.29) is 11.7 Å². The first kappa shape index (κ1) is 14.7. The lowest BCUT2D eigenvalue weighted by molar-refractivity contribution is -0.119. The van der Waals surface area contributed by atoms with Crippen LogP contribution in [0.3, 0.4) is 0 Å². The summed E-state index contributed by atoms with van der Waals surface area (Å²) in [5, 5.41) is 14.9. The molecular weight excluding hydrogens is 274 g/mol. The summed E-state index contributed by atoms with van der Waals surface area (Å²) in [6, 6.07) is 9.75. The average molecular weight is 293 g/mol. The number of oxime groups is 1. The molecule has 1 saturated carbocycles. The molecule has 6 heteroatoms. The van der Waals surface area contributed by atoms with Gasteiger partial charge >= 0.3 is 0 Å². The van der Waals surface area contributed by atoms with E-state index in [9.17, 15) is 4.79 Å². The van der Waals surface area contributed by atoms with Gasteiger partial charge in [0, 0.05) is 4.90 Å². The second kappa shape index (κ2) is 6.65. The molecule has 4 N–H and O–H groups in total. The molecule has 1 fully saturated rings. The Morgan fingerprint density at radius 2 is 2.00 bits per heavy atom. The Morgan fingerprint density at radius 1 is 1.35 bits per heavy atom. The number of amides is 1. The average Bonchev–Trinajstić information content (AvgIpc) is 2.95. The fourth-order valence-corrected chi connectivity index (χ4v) is 3.21. The Kier molecular flexibility index (Phi) is 4.89. The van der Waals surface area contributed by atoms with Crippen LogP contribution in [0.4, 0.5) is 0 Å². The summed E-state index contributed by atoms with van der Waals surface area (Å²) < 4.78 is 0. The molecule has 1 aromatic rings. The lowest BCUT2D eigenvalue weighted by atomic mass is 9.96. The number of nitrogens with one attached hydrogen (secondary N) is 1. The SMILES string of the molecule is NC(=NO)C1(NC(=O)CSc2ccccc2)CCCC1. The van der Waals surface area contributed by atoms with Gasteiger partial charge in [0.25, 0.3) is 0 Å². The van der Waals surface area contributed by atoms with Crippen LogP contribution in [0.15, 0.2) is 40.4 Å². The Balaban J connectivity index is 1.93. The van der Waals surface area contributed by atoms with Crippen LogP contribution in [0.25, 0.3) is 0 Å².